The first kappa shape index (κ1) is 17.2. The van der Waals surface area contributed by atoms with E-state index in [0.29, 0.717) is 6.61 Å². The minimum Gasteiger partial charge on any atom is -0.468 e. The van der Waals surface area contributed by atoms with Crippen molar-refractivity contribution in [3.63, 3.8) is 0 Å². The van der Waals surface area contributed by atoms with Gasteiger partial charge in [0, 0.05) is 23.4 Å². The Kier molecular flexibility index (Phi) is 5.42. The first-order valence-electron chi connectivity index (χ1n) is 7.59. The lowest BCUT2D eigenvalue weighted by Crippen LogP contribution is -2.27. The maximum Gasteiger partial charge on any atom is 0.123 e. The zero-order valence-corrected chi connectivity index (χ0v) is 15.1. The van der Waals surface area contributed by atoms with Crippen LogP contribution in [0.15, 0.2) is 22.8 Å². The van der Waals surface area contributed by atoms with E-state index in [1.54, 1.807) is 24.7 Å². The maximum atomic E-state index is 5.52. The summed E-state index contributed by atoms with van der Waals surface area (Å²) in [7, 11) is 1.71. The van der Waals surface area contributed by atoms with Gasteiger partial charge in [-0.05, 0) is 26.0 Å². The first-order valence-corrected chi connectivity index (χ1v) is 8.40. The average Bonchev–Trinajstić information content (AvgIpc) is 3.06. The molecule has 2 heterocycles. The minimum atomic E-state index is 0.0367. The topological polar surface area (TPSA) is 47.3 Å². The maximum absolute atomic E-state index is 5.52. The van der Waals surface area contributed by atoms with Crippen LogP contribution in [0, 0.1) is 6.92 Å². The molecule has 0 amide bonds. The van der Waals surface area contributed by atoms with Gasteiger partial charge in [0.25, 0.3) is 0 Å². The number of methoxy groups -OCH3 is 1. The van der Waals surface area contributed by atoms with Crippen LogP contribution in [0.1, 0.15) is 61.1 Å². The molecule has 0 aliphatic rings. The summed E-state index contributed by atoms with van der Waals surface area (Å²) in [5.41, 5.74) is 1.19. The third kappa shape index (κ3) is 3.97. The van der Waals surface area contributed by atoms with E-state index in [-0.39, 0.29) is 17.5 Å². The van der Waals surface area contributed by atoms with E-state index in [4.69, 9.17) is 14.1 Å². The first-order chi connectivity index (χ1) is 10.3. The second-order valence-electron chi connectivity index (χ2n) is 6.63. The molecule has 0 spiro atoms. The van der Waals surface area contributed by atoms with Crippen molar-refractivity contribution in [2.75, 3.05) is 13.7 Å². The van der Waals surface area contributed by atoms with Gasteiger partial charge in [-0.2, -0.15) is 0 Å². The van der Waals surface area contributed by atoms with Crippen LogP contribution >= 0.6 is 11.3 Å². The number of aromatic nitrogens is 1. The molecule has 4 nitrogen and oxygen atoms in total. The smallest absolute Gasteiger partial charge is 0.123 e. The summed E-state index contributed by atoms with van der Waals surface area (Å²) >= 11 is 1.79. The van der Waals surface area contributed by atoms with Crippen molar-refractivity contribution in [1.29, 1.82) is 0 Å². The van der Waals surface area contributed by atoms with Gasteiger partial charge in [0.1, 0.15) is 5.76 Å². The second-order valence-corrected chi connectivity index (χ2v) is 7.66. The van der Waals surface area contributed by atoms with Gasteiger partial charge in [0.05, 0.1) is 29.6 Å². The molecular weight excluding hydrogens is 296 g/mol. The van der Waals surface area contributed by atoms with Crippen molar-refractivity contribution in [2.24, 2.45) is 0 Å². The Labute approximate surface area is 136 Å². The third-order valence-electron chi connectivity index (χ3n) is 3.54. The van der Waals surface area contributed by atoms with Crippen LogP contribution in [0.25, 0.3) is 0 Å². The Morgan fingerprint density at radius 1 is 1.41 bits per heavy atom. The van der Waals surface area contributed by atoms with Crippen LogP contribution < -0.4 is 5.32 Å². The minimum absolute atomic E-state index is 0.0367. The average molecular weight is 322 g/mol. The van der Waals surface area contributed by atoms with Crippen molar-refractivity contribution in [3.8, 4) is 0 Å². The van der Waals surface area contributed by atoms with E-state index < -0.39 is 0 Å². The monoisotopic (exact) mass is 322 g/mol. The lowest BCUT2D eigenvalue weighted by molar-refractivity contribution is 0.152. The molecule has 0 bridgehead atoms. The molecular formula is C17H26N2O2S. The van der Waals surface area contributed by atoms with E-state index in [1.807, 2.05) is 12.1 Å². The zero-order valence-electron chi connectivity index (χ0n) is 14.3. The molecule has 2 rings (SSSR count). The zero-order chi connectivity index (χ0) is 16.3. The molecule has 0 aliphatic heterocycles. The normalized spacial score (nSPS) is 15.0. The number of thiazole rings is 1. The molecule has 0 radical (unpaired) electrons. The summed E-state index contributed by atoms with van der Waals surface area (Å²) in [6, 6.07) is 4.11. The van der Waals surface area contributed by atoms with Gasteiger partial charge in [0.15, 0.2) is 0 Å². The summed E-state index contributed by atoms with van der Waals surface area (Å²) < 4.78 is 10.8. The van der Waals surface area contributed by atoms with Gasteiger partial charge in [-0.15, -0.1) is 11.3 Å². The fraction of sp³-hybridized carbons (Fsp3) is 0.588. The number of hydrogen-bond acceptors (Lipinski definition) is 5. The highest BCUT2D eigenvalue weighted by Gasteiger charge is 2.24. The van der Waals surface area contributed by atoms with Gasteiger partial charge < -0.3 is 9.15 Å². The van der Waals surface area contributed by atoms with Crippen molar-refractivity contribution >= 4 is 11.3 Å². The quantitative estimate of drug-likeness (QED) is 0.857. The van der Waals surface area contributed by atoms with Gasteiger partial charge in [-0.1, -0.05) is 20.8 Å². The van der Waals surface area contributed by atoms with Crippen LogP contribution in [0.4, 0.5) is 0 Å². The summed E-state index contributed by atoms with van der Waals surface area (Å²) in [5, 5.41) is 4.77. The molecule has 2 aromatic rings. The Balaban J connectivity index is 2.17. The predicted molar refractivity (Wildman–Crippen MR) is 90.4 cm³/mol. The SMILES string of the molecule is COC[C@H](N[C@@H](C)c1sc(C(C)(C)C)nc1C)c1ccco1. The van der Waals surface area contributed by atoms with Crippen molar-refractivity contribution in [2.45, 2.75) is 52.1 Å². The van der Waals surface area contributed by atoms with E-state index in [1.165, 1.54) is 9.88 Å². The standard InChI is InChI=1S/C17H26N2O2S/c1-11(15-12(2)19-16(22-15)17(3,4)5)18-13(10-20-6)14-8-7-9-21-14/h7-9,11,13,18H,10H2,1-6H3/t11-,13-/m0/s1. The number of ether oxygens (including phenoxy) is 1. The molecule has 2 aromatic heterocycles. The Bertz CT molecular complexity index is 584. The third-order valence-corrected chi connectivity index (χ3v) is 5.30. The predicted octanol–water partition coefficient (Wildman–Crippen LogP) is 4.38. The van der Waals surface area contributed by atoms with Crippen LogP contribution in [0.3, 0.4) is 0 Å². The van der Waals surface area contributed by atoms with Gasteiger partial charge in [0.2, 0.25) is 0 Å². The highest BCUT2D eigenvalue weighted by molar-refractivity contribution is 7.12. The number of nitrogens with one attached hydrogen (secondary N) is 1. The molecule has 0 fully saturated rings. The Hall–Kier alpha value is -1.17. The molecule has 22 heavy (non-hydrogen) atoms. The lowest BCUT2D eigenvalue weighted by atomic mass is 9.98. The Morgan fingerprint density at radius 2 is 2.14 bits per heavy atom. The molecule has 0 saturated heterocycles. The molecule has 122 valence electrons. The molecule has 0 aliphatic carbocycles. The molecule has 0 unspecified atom stereocenters. The van der Waals surface area contributed by atoms with Gasteiger partial charge in [-0.25, -0.2) is 4.98 Å². The number of nitrogens with zero attached hydrogens (tertiary/aromatic N) is 1. The van der Waals surface area contributed by atoms with Crippen LogP contribution in [0.2, 0.25) is 0 Å². The Morgan fingerprint density at radius 3 is 2.64 bits per heavy atom. The summed E-state index contributed by atoms with van der Waals surface area (Å²) in [5.74, 6) is 0.895. The van der Waals surface area contributed by atoms with E-state index in [0.717, 1.165) is 11.5 Å². The number of rotatable bonds is 6. The number of furan rings is 1. The molecule has 1 N–H and O–H groups in total. The highest BCUT2D eigenvalue weighted by Crippen LogP contribution is 2.33. The van der Waals surface area contributed by atoms with Gasteiger partial charge in [-0.3, -0.25) is 5.32 Å². The van der Waals surface area contributed by atoms with E-state index in [2.05, 4.69) is 39.9 Å². The fourth-order valence-corrected chi connectivity index (χ4v) is 3.51. The second kappa shape index (κ2) is 6.94. The van der Waals surface area contributed by atoms with Crippen LogP contribution in [-0.2, 0) is 10.2 Å². The number of hydrogen-bond donors (Lipinski definition) is 1. The van der Waals surface area contributed by atoms with Crippen molar-refractivity contribution < 1.29 is 9.15 Å². The van der Waals surface area contributed by atoms with Crippen molar-refractivity contribution in [1.82, 2.24) is 10.3 Å². The molecule has 0 aromatic carbocycles. The molecule has 0 saturated carbocycles. The lowest BCUT2D eigenvalue weighted by Gasteiger charge is -2.21. The molecule has 5 heteroatoms. The van der Waals surface area contributed by atoms with Gasteiger partial charge >= 0.3 is 0 Å². The largest absolute Gasteiger partial charge is 0.468 e. The molecule has 2 atom stereocenters. The van der Waals surface area contributed by atoms with Crippen LogP contribution in [-0.4, -0.2) is 18.7 Å². The summed E-state index contributed by atoms with van der Waals surface area (Å²) in [6.07, 6.45) is 1.69. The van der Waals surface area contributed by atoms with E-state index in [9.17, 15) is 0 Å². The van der Waals surface area contributed by atoms with E-state index >= 15 is 0 Å². The van der Waals surface area contributed by atoms with Crippen molar-refractivity contribution in [3.05, 3.63) is 39.7 Å². The van der Waals surface area contributed by atoms with Crippen LogP contribution in [0.5, 0.6) is 0 Å². The fourth-order valence-electron chi connectivity index (χ4n) is 2.38. The summed E-state index contributed by atoms with van der Waals surface area (Å²) in [6.45, 7) is 11.4. The number of aryl methyl sites for hydroxylation is 1. The highest BCUT2D eigenvalue weighted by atomic mass is 32.1. The summed E-state index contributed by atoms with van der Waals surface area (Å²) in [4.78, 5) is 6.02.